The van der Waals surface area contributed by atoms with Crippen LogP contribution in [0.25, 0.3) is 87.1 Å². The summed E-state index contributed by atoms with van der Waals surface area (Å²) in [5, 5.41) is 4.87. The van der Waals surface area contributed by atoms with Crippen LogP contribution in [-0.4, -0.2) is 15.0 Å². The highest BCUT2D eigenvalue weighted by Crippen LogP contribution is 2.40. The van der Waals surface area contributed by atoms with E-state index < -0.39 is 0 Å². The van der Waals surface area contributed by atoms with E-state index in [1.54, 1.807) is 11.3 Å². The van der Waals surface area contributed by atoms with Gasteiger partial charge in [0.25, 0.3) is 0 Å². The van der Waals surface area contributed by atoms with Crippen LogP contribution in [0.5, 0.6) is 0 Å². The number of aromatic nitrogens is 3. The van der Waals surface area contributed by atoms with Crippen molar-refractivity contribution in [2.75, 3.05) is 0 Å². The first-order valence-corrected chi connectivity index (χ1v) is 17.0. The molecule has 0 fully saturated rings. The molecule has 2 heterocycles. The van der Waals surface area contributed by atoms with Crippen molar-refractivity contribution in [1.29, 1.82) is 0 Å². The first-order valence-electron chi connectivity index (χ1n) is 15.8. The van der Waals surface area contributed by atoms with E-state index in [4.69, 9.17) is 16.6 Å². The Morgan fingerprint density at radius 1 is 0.396 bits per heavy atom. The lowest BCUT2D eigenvalue weighted by molar-refractivity contribution is 1.07. The van der Waals surface area contributed by atoms with E-state index in [0.29, 0.717) is 11.6 Å². The van der Waals surface area contributed by atoms with Crippen molar-refractivity contribution in [2.45, 2.75) is 0 Å². The van der Waals surface area contributed by atoms with Gasteiger partial charge in [-0.3, -0.25) is 0 Å². The largest absolute Gasteiger partial charge is 0.226 e. The molecule has 9 aromatic rings. The molecule has 226 valence electrons. The number of nitrogens with zero attached hydrogens (tertiary/aromatic N) is 3. The Labute approximate surface area is 286 Å². The highest BCUT2D eigenvalue weighted by Gasteiger charge is 2.16. The predicted molar refractivity (Wildman–Crippen MR) is 202 cm³/mol. The van der Waals surface area contributed by atoms with Crippen LogP contribution >= 0.6 is 22.9 Å². The fraction of sp³-hybridized carbons (Fsp3) is 0. The quantitative estimate of drug-likeness (QED) is 0.186. The number of thiophene rings is 1. The van der Waals surface area contributed by atoms with Gasteiger partial charge in [0.1, 0.15) is 0 Å². The number of halogens is 1. The highest BCUT2D eigenvalue weighted by atomic mass is 35.5. The number of fused-ring (bicyclic) bond motifs is 4. The van der Waals surface area contributed by atoms with Gasteiger partial charge in [0.2, 0.25) is 5.28 Å². The standard InChI is InChI=1S/C43H26ClN3S/c44-43-46-41(45-42(47-43)35-18-10-20-39-40(35)34-17-7-8-19-38(34)48-39)32-16-9-15-29(23-32)30-21-22-31-25-36(27-11-3-1-4-12-27)37(26-33(31)24-30)28-13-5-2-6-14-28/h1-26H. The lowest BCUT2D eigenvalue weighted by Crippen LogP contribution is -1.97. The summed E-state index contributed by atoms with van der Waals surface area (Å²) in [6.45, 7) is 0. The van der Waals surface area contributed by atoms with Crippen molar-refractivity contribution < 1.29 is 0 Å². The summed E-state index contributed by atoms with van der Waals surface area (Å²) in [7, 11) is 0. The van der Waals surface area contributed by atoms with Crippen LogP contribution in [0.1, 0.15) is 0 Å². The van der Waals surface area contributed by atoms with E-state index in [9.17, 15) is 0 Å². The second-order valence-electron chi connectivity index (χ2n) is 11.8. The summed E-state index contributed by atoms with van der Waals surface area (Å²) >= 11 is 8.35. The molecule has 9 rings (SSSR count). The molecule has 7 aromatic carbocycles. The van der Waals surface area contributed by atoms with Crippen LogP contribution < -0.4 is 0 Å². The van der Waals surface area contributed by atoms with Gasteiger partial charge in [0.15, 0.2) is 11.6 Å². The Morgan fingerprint density at radius 2 is 1.00 bits per heavy atom. The van der Waals surface area contributed by atoms with E-state index in [0.717, 1.165) is 27.6 Å². The Bertz CT molecular complexity index is 2630. The molecule has 0 amide bonds. The number of hydrogen-bond donors (Lipinski definition) is 0. The third kappa shape index (κ3) is 5.12. The normalized spacial score (nSPS) is 11.4. The maximum Gasteiger partial charge on any atom is 0.226 e. The van der Waals surface area contributed by atoms with Crippen LogP contribution in [0, 0.1) is 0 Å². The van der Waals surface area contributed by atoms with E-state index >= 15 is 0 Å². The molecule has 0 unspecified atom stereocenters. The van der Waals surface area contributed by atoms with Gasteiger partial charge >= 0.3 is 0 Å². The predicted octanol–water partition coefficient (Wildman–Crippen LogP) is 12.4. The summed E-state index contributed by atoms with van der Waals surface area (Å²) in [4.78, 5) is 14.1. The third-order valence-corrected chi connectivity index (χ3v) is 10.2. The second kappa shape index (κ2) is 11.8. The van der Waals surface area contributed by atoms with Gasteiger partial charge < -0.3 is 0 Å². The molecule has 0 aliphatic carbocycles. The summed E-state index contributed by atoms with van der Waals surface area (Å²) in [5.41, 5.74) is 8.85. The molecule has 0 N–H and O–H groups in total. The topological polar surface area (TPSA) is 38.7 Å². The van der Waals surface area contributed by atoms with Crippen molar-refractivity contribution in [3.05, 3.63) is 163 Å². The summed E-state index contributed by atoms with van der Waals surface area (Å²) < 4.78 is 2.42. The minimum absolute atomic E-state index is 0.172. The molecule has 0 aliphatic rings. The molecule has 0 saturated heterocycles. The summed E-state index contributed by atoms with van der Waals surface area (Å²) in [6.07, 6.45) is 0. The highest BCUT2D eigenvalue weighted by molar-refractivity contribution is 7.25. The van der Waals surface area contributed by atoms with Crippen LogP contribution in [-0.2, 0) is 0 Å². The number of benzene rings is 7. The molecule has 0 radical (unpaired) electrons. The van der Waals surface area contributed by atoms with E-state index in [-0.39, 0.29) is 5.28 Å². The van der Waals surface area contributed by atoms with Crippen molar-refractivity contribution in [3.8, 4) is 56.2 Å². The Hall–Kier alpha value is -5.68. The molecular weight excluding hydrogens is 626 g/mol. The lowest BCUT2D eigenvalue weighted by atomic mass is 9.90. The maximum atomic E-state index is 6.58. The number of rotatable bonds is 5. The van der Waals surface area contributed by atoms with Gasteiger partial charge in [-0.1, -0.05) is 121 Å². The van der Waals surface area contributed by atoms with Crippen LogP contribution in [0.3, 0.4) is 0 Å². The Morgan fingerprint density at radius 3 is 1.79 bits per heavy atom. The van der Waals surface area contributed by atoms with Gasteiger partial charge in [0.05, 0.1) is 0 Å². The fourth-order valence-corrected chi connectivity index (χ4v) is 7.88. The molecule has 48 heavy (non-hydrogen) atoms. The van der Waals surface area contributed by atoms with E-state index in [2.05, 4.69) is 156 Å². The first kappa shape index (κ1) is 28.5. The van der Waals surface area contributed by atoms with Crippen molar-refractivity contribution in [1.82, 2.24) is 15.0 Å². The molecule has 5 heteroatoms. The molecule has 2 aromatic heterocycles. The van der Waals surface area contributed by atoms with E-state index in [1.807, 2.05) is 12.1 Å². The minimum atomic E-state index is 0.172. The van der Waals surface area contributed by atoms with Gasteiger partial charge in [-0.05, 0) is 92.2 Å². The molecule has 0 atom stereocenters. The van der Waals surface area contributed by atoms with Crippen molar-refractivity contribution in [3.63, 3.8) is 0 Å². The zero-order valence-corrected chi connectivity index (χ0v) is 27.2. The number of hydrogen-bond acceptors (Lipinski definition) is 4. The maximum absolute atomic E-state index is 6.58. The molecule has 0 spiro atoms. The lowest BCUT2D eigenvalue weighted by Gasteiger charge is -2.14. The monoisotopic (exact) mass is 651 g/mol. The van der Waals surface area contributed by atoms with Gasteiger partial charge in [-0.25, -0.2) is 4.98 Å². The molecule has 3 nitrogen and oxygen atoms in total. The second-order valence-corrected chi connectivity index (χ2v) is 13.2. The molecule has 0 saturated carbocycles. The molecule has 0 bridgehead atoms. The van der Waals surface area contributed by atoms with Crippen LogP contribution in [0.4, 0.5) is 0 Å². The summed E-state index contributed by atoms with van der Waals surface area (Å²) in [5.74, 6) is 1.11. The third-order valence-electron chi connectivity index (χ3n) is 8.85. The molecule has 0 aliphatic heterocycles. The van der Waals surface area contributed by atoms with Crippen molar-refractivity contribution in [2.24, 2.45) is 0 Å². The Kier molecular flexibility index (Phi) is 7.04. The molecular formula is C43H26ClN3S. The fourth-order valence-electron chi connectivity index (χ4n) is 6.59. The zero-order valence-electron chi connectivity index (χ0n) is 25.6. The van der Waals surface area contributed by atoms with Crippen LogP contribution in [0.2, 0.25) is 5.28 Å². The Balaban J connectivity index is 1.14. The van der Waals surface area contributed by atoms with Crippen LogP contribution in [0.15, 0.2) is 158 Å². The van der Waals surface area contributed by atoms with E-state index in [1.165, 1.54) is 47.8 Å². The van der Waals surface area contributed by atoms with Gasteiger partial charge in [0, 0.05) is 31.3 Å². The smallest absolute Gasteiger partial charge is 0.208 e. The average molecular weight is 652 g/mol. The summed E-state index contributed by atoms with van der Waals surface area (Å²) in [6, 6.07) is 55.5. The van der Waals surface area contributed by atoms with Gasteiger partial charge in [-0.15, -0.1) is 11.3 Å². The van der Waals surface area contributed by atoms with Gasteiger partial charge in [-0.2, -0.15) is 9.97 Å². The zero-order chi connectivity index (χ0) is 32.0. The van der Waals surface area contributed by atoms with Crippen molar-refractivity contribution >= 4 is 53.9 Å². The SMILES string of the molecule is Clc1nc(-c2cccc(-c3ccc4cc(-c5ccccc5)c(-c5ccccc5)cc4c3)c2)nc(-c2cccc3sc4ccccc4c23)n1. The first-order chi connectivity index (χ1) is 23.7. The minimum Gasteiger partial charge on any atom is -0.208 e. The average Bonchev–Trinajstić information content (AvgIpc) is 3.54.